The fourth-order valence-electron chi connectivity index (χ4n) is 15.8. The van der Waals surface area contributed by atoms with Crippen molar-refractivity contribution in [2.24, 2.45) is 0 Å². The Balaban J connectivity index is 1.17. The Morgan fingerprint density at radius 2 is 0.664 bits per heavy atom. The minimum absolute atomic E-state index is 0.151. The third kappa shape index (κ3) is 31.6. The Labute approximate surface area is 682 Å². The summed E-state index contributed by atoms with van der Waals surface area (Å²) in [6, 6.07) is -4.75. The van der Waals surface area contributed by atoms with E-state index in [1.807, 2.05) is 6.08 Å². The highest BCUT2D eigenvalue weighted by Crippen LogP contribution is 2.39. The van der Waals surface area contributed by atoms with Gasteiger partial charge in [-0.15, -0.1) is 0 Å². The minimum atomic E-state index is -2.35. The van der Waals surface area contributed by atoms with Gasteiger partial charge in [0.25, 0.3) is 0 Å². The summed E-state index contributed by atoms with van der Waals surface area (Å²) in [7, 11) is 0. The molecule has 0 aliphatic carbocycles. The number of nitrogens with one attached hydrogen (secondary N) is 3. The molecule has 6 rings (SSSR count). The summed E-state index contributed by atoms with van der Waals surface area (Å²) in [4.78, 5) is 39.5. The highest BCUT2D eigenvalue weighted by molar-refractivity contribution is 5.76. The second-order valence-corrected chi connectivity index (χ2v) is 32.1. The van der Waals surface area contributed by atoms with E-state index >= 15 is 0 Å². The van der Waals surface area contributed by atoms with Crippen LogP contribution in [-0.4, -0.2) is 352 Å². The Hall–Kier alpha value is -3.05. The van der Waals surface area contributed by atoms with E-state index in [-0.39, 0.29) is 12.3 Å². The molecule has 6 fully saturated rings. The minimum Gasteiger partial charge on any atom is -0.394 e. The maximum Gasteiger partial charge on any atom is 0.220 e. The smallest absolute Gasteiger partial charge is 0.220 e. The number of carbonyl (C=O) groups excluding carboxylic acids is 3. The largest absolute Gasteiger partial charge is 0.394 e. The zero-order valence-corrected chi connectivity index (χ0v) is 68.4. The molecule has 678 valence electrons. The van der Waals surface area contributed by atoms with E-state index in [0.29, 0.717) is 12.8 Å². The molecule has 0 aromatic heterocycles. The second-order valence-electron chi connectivity index (χ2n) is 32.1. The molecule has 12 unspecified atom stereocenters. The summed E-state index contributed by atoms with van der Waals surface area (Å²) in [6.07, 6.45) is -16.7. The molecule has 0 spiro atoms. The molecule has 0 aromatic carbocycles. The summed E-state index contributed by atoms with van der Waals surface area (Å²) in [5.74, 6) is -2.08. The van der Waals surface area contributed by atoms with Gasteiger partial charge in [0.1, 0.15) is 146 Å². The highest BCUT2D eigenvalue weighted by atomic mass is 16.8. The van der Waals surface area contributed by atoms with Crippen molar-refractivity contribution in [1.29, 1.82) is 0 Å². The zero-order chi connectivity index (χ0) is 84.8. The van der Waals surface area contributed by atoms with E-state index in [0.717, 1.165) is 65.2 Å². The van der Waals surface area contributed by atoms with Gasteiger partial charge >= 0.3 is 0 Å². The molecule has 0 aromatic rings. The third-order valence-corrected chi connectivity index (χ3v) is 22.7. The molecular weight excluding hydrogens is 1530 g/mol. The summed E-state index contributed by atoms with van der Waals surface area (Å²) in [5.41, 5.74) is 0. The molecule has 36 nitrogen and oxygen atoms in total. The lowest BCUT2D eigenvalue weighted by Crippen LogP contribution is -2.71. The number of carbonyl (C=O) groups is 3. The van der Waals surface area contributed by atoms with E-state index < -0.39 is 254 Å². The van der Waals surface area contributed by atoms with Gasteiger partial charge in [-0.3, -0.25) is 14.4 Å². The topological polar surface area (TPSA) is 562 Å². The van der Waals surface area contributed by atoms with E-state index in [9.17, 15) is 106 Å². The molecule has 6 heterocycles. The first-order valence-electron chi connectivity index (χ1n) is 43.0. The first-order chi connectivity index (χ1) is 55.8. The SMILES string of the molecule is CCCCCCCCCCCCC/C=C/[C@@H](O)[C@H](CO[C@@H]1OC(CO)[C@@H](O[C@@H]2OC(CO)[C@H](O[C@@H]3OC(CO)[C@H](O)[C@H](O)C3NC(C)=O)[C@H](O[C@@H]3OC(CO)[C@@H](O[C@@H]4OC(CO)[C@H](O)[C@H](O[C@@H]5OC(CO)[C@H](O)[C@H](O)C5O)C4O)[C@H](O)C3NC(C)=O)C2O)[C@H](O)C1O)NC(=O)CCCCCCCCCCCCCCCCCCCCC. The molecule has 6 aliphatic rings. The first-order valence-corrected chi connectivity index (χ1v) is 43.0. The number of amides is 3. The third-order valence-electron chi connectivity index (χ3n) is 22.7. The number of aliphatic hydroxyl groups excluding tert-OH is 18. The van der Waals surface area contributed by atoms with Gasteiger partial charge in [-0.05, 0) is 19.3 Å². The van der Waals surface area contributed by atoms with Gasteiger partial charge in [0.2, 0.25) is 17.7 Å². The summed E-state index contributed by atoms with van der Waals surface area (Å²) in [6.45, 7) is -0.124. The van der Waals surface area contributed by atoms with Crippen LogP contribution in [0.4, 0.5) is 0 Å². The monoisotopic (exact) mass is 1680 g/mol. The van der Waals surface area contributed by atoms with Crippen LogP contribution in [0.15, 0.2) is 12.2 Å². The highest BCUT2D eigenvalue weighted by Gasteiger charge is 2.59. The maximum atomic E-state index is 13.7. The molecule has 0 bridgehead atoms. The van der Waals surface area contributed by atoms with Crippen LogP contribution in [-0.2, 0) is 71.2 Å². The number of hydrogen-bond acceptors (Lipinski definition) is 33. The standard InChI is InChI=1S/C80H145N3O33/c1-5-7-9-11-13-15-17-19-20-21-22-23-24-26-28-30-32-34-36-38-56(93)83-48(49(92)37-35-33-31-29-27-25-18-16-14-12-10-8-6-2)45-105-77-67(102)65(100)71(54(43-88)110-77)113-80-69(104)74(72(55(44-89)111-80)114-75-57(81-46(3)90)62(97)59(94)50(39-84)106-75)116-76-58(82-47(4)91)63(98)70(53(42-87)109-76)112-79-68(103)73(61(96)52(41-86)108-79)115-78-66(101)64(99)60(95)51(40-85)107-78/h35,37,48-55,57-80,84-89,92,94-104H,5-34,36,38-45H2,1-4H3,(H,81,90)(H,82,91)(H,83,93)/b37-35+/t48-,49+,50?,51?,52?,53?,54?,55?,57?,58?,59-,60-,61-,62+,63+,64-,65+,66?,67?,68?,69?,70+,71+,72-,73-,74+,75-,76-,77+,78-,79-,80-/m0/s1. The molecular formula is C80H145N3O33. The van der Waals surface area contributed by atoms with Crippen LogP contribution >= 0.6 is 0 Å². The predicted molar refractivity (Wildman–Crippen MR) is 412 cm³/mol. The average molecular weight is 1680 g/mol. The van der Waals surface area contributed by atoms with Gasteiger partial charge < -0.3 is 165 Å². The Kier molecular flexibility index (Phi) is 48.5. The van der Waals surface area contributed by atoms with Gasteiger partial charge in [0.05, 0.1) is 58.4 Å². The summed E-state index contributed by atoms with van der Waals surface area (Å²) >= 11 is 0. The quantitative estimate of drug-likeness (QED) is 0.0260. The van der Waals surface area contributed by atoms with E-state index in [2.05, 4.69) is 29.8 Å². The fourth-order valence-corrected chi connectivity index (χ4v) is 15.8. The number of unbranched alkanes of at least 4 members (excludes halogenated alkanes) is 29. The van der Waals surface area contributed by atoms with Crippen molar-refractivity contribution < 1.29 is 163 Å². The van der Waals surface area contributed by atoms with Crippen LogP contribution < -0.4 is 16.0 Å². The summed E-state index contributed by atoms with van der Waals surface area (Å²) in [5, 5.41) is 209. The number of allylic oxidation sites excluding steroid dienone is 1. The van der Waals surface area contributed by atoms with Crippen LogP contribution in [0.25, 0.3) is 0 Å². The van der Waals surface area contributed by atoms with Gasteiger partial charge in [-0.1, -0.05) is 206 Å². The molecule has 116 heavy (non-hydrogen) atoms. The normalized spacial score (nSPS) is 36.3. The molecule has 3 amide bonds. The molecule has 0 radical (unpaired) electrons. The van der Waals surface area contributed by atoms with Gasteiger partial charge in [-0.2, -0.15) is 0 Å². The van der Waals surface area contributed by atoms with Crippen LogP contribution in [0.1, 0.15) is 233 Å². The van der Waals surface area contributed by atoms with Crippen molar-refractivity contribution in [2.45, 2.75) is 429 Å². The summed E-state index contributed by atoms with van der Waals surface area (Å²) < 4.78 is 72.1. The van der Waals surface area contributed by atoms with E-state index in [1.165, 1.54) is 135 Å². The van der Waals surface area contributed by atoms with E-state index in [4.69, 9.17) is 56.8 Å². The fraction of sp³-hybridized carbons (Fsp3) is 0.938. The molecule has 21 N–H and O–H groups in total. The van der Waals surface area contributed by atoms with Gasteiger partial charge in [0, 0.05) is 20.3 Å². The maximum absolute atomic E-state index is 13.7. The Bertz CT molecular complexity index is 2670. The van der Waals surface area contributed by atoms with Crippen molar-refractivity contribution in [3.8, 4) is 0 Å². The van der Waals surface area contributed by atoms with Crippen LogP contribution in [0.2, 0.25) is 0 Å². The average Bonchev–Trinajstić information content (AvgIpc) is 0.767. The molecule has 0 saturated carbocycles. The molecule has 32 atom stereocenters. The number of ether oxygens (including phenoxy) is 12. The van der Waals surface area contributed by atoms with Crippen LogP contribution in [0.3, 0.4) is 0 Å². The lowest BCUT2D eigenvalue weighted by atomic mass is 9.93. The second kappa shape index (κ2) is 55.2. The van der Waals surface area contributed by atoms with Crippen molar-refractivity contribution in [3.63, 3.8) is 0 Å². The number of hydrogen-bond donors (Lipinski definition) is 21. The van der Waals surface area contributed by atoms with Gasteiger partial charge in [0.15, 0.2) is 37.7 Å². The van der Waals surface area contributed by atoms with E-state index in [1.54, 1.807) is 6.08 Å². The first kappa shape index (κ1) is 102. The molecule has 6 aliphatic heterocycles. The van der Waals surface area contributed by atoms with Crippen LogP contribution in [0.5, 0.6) is 0 Å². The molecule has 6 saturated heterocycles. The van der Waals surface area contributed by atoms with Crippen molar-refractivity contribution in [1.82, 2.24) is 16.0 Å². The van der Waals surface area contributed by atoms with Crippen molar-refractivity contribution >= 4 is 17.7 Å². The Morgan fingerprint density at radius 1 is 0.336 bits per heavy atom. The Morgan fingerprint density at radius 3 is 1.12 bits per heavy atom. The lowest BCUT2D eigenvalue weighted by Gasteiger charge is -2.51. The van der Waals surface area contributed by atoms with Crippen molar-refractivity contribution in [3.05, 3.63) is 12.2 Å². The van der Waals surface area contributed by atoms with Gasteiger partial charge in [-0.25, -0.2) is 0 Å². The zero-order valence-electron chi connectivity index (χ0n) is 68.4. The number of rotatable bonds is 56. The lowest BCUT2D eigenvalue weighted by molar-refractivity contribution is -0.397. The number of aliphatic hydroxyl groups is 18. The van der Waals surface area contributed by atoms with Crippen LogP contribution in [0, 0.1) is 0 Å². The molecule has 36 heteroatoms. The predicted octanol–water partition coefficient (Wildman–Crippen LogP) is -0.864. The van der Waals surface area contributed by atoms with Crippen molar-refractivity contribution in [2.75, 3.05) is 46.2 Å².